The largest absolute Gasteiger partial charge is 0.363 e. The fourth-order valence-corrected chi connectivity index (χ4v) is 5.66. The van der Waals surface area contributed by atoms with Crippen LogP contribution in [0.2, 0.25) is 0 Å². The maximum atomic E-state index is 13.8. The Kier molecular flexibility index (Phi) is 5.22. The first-order chi connectivity index (χ1) is 18.7. The molecule has 0 bridgehead atoms. The molecule has 1 saturated carbocycles. The number of allylic oxidation sites excluding steroid dienone is 2. The number of thioether (sulfide) groups is 1. The van der Waals surface area contributed by atoms with Crippen LogP contribution in [0.15, 0.2) is 40.0 Å². The highest BCUT2D eigenvalue weighted by Crippen LogP contribution is 2.52. The second kappa shape index (κ2) is 9.40. The van der Waals surface area contributed by atoms with Crippen molar-refractivity contribution in [3.63, 3.8) is 0 Å². The number of hydrogen-bond donors (Lipinski definition) is 2. The van der Waals surface area contributed by atoms with E-state index in [0.29, 0.717) is 59.2 Å². The highest BCUT2D eigenvalue weighted by atomic mass is 32.2. The van der Waals surface area contributed by atoms with E-state index in [1.54, 1.807) is 24.3 Å². The minimum atomic E-state index is -2.13. The predicted molar refractivity (Wildman–Crippen MR) is 143 cm³/mol. The van der Waals surface area contributed by atoms with Crippen LogP contribution in [0.5, 0.6) is 0 Å². The number of fused-ring (bicyclic) bond motifs is 2. The van der Waals surface area contributed by atoms with E-state index in [1.807, 2.05) is 11.5 Å². The van der Waals surface area contributed by atoms with E-state index in [1.165, 1.54) is 10.9 Å². The third-order valence-corrected chi connectivity index (χ3v) is 7.82. The molecule has 2 fully saturated rings. The molecule has 36 heavy (non-hydrogen) atoms. The second-order valence-electron chi connectivity index (χ2n) is 9.65. The van der Waals surface area contributed by atoms with Gasteiger partial charge in [0, 0.05) is 40.9 Å². The molecule has 1 aromatic carbocycles. The lowest BCUT2D eigenvalue weighted by molar-refractivity contribution is -0.116. The summed E-state index contributed by atoms with van der Waals surface area (Å²) in [5, 5.41) is 10.9. The maximum absolute atomic E-state index is 13.8. The Morgan fingerprint density at radius 2 is 2.08 bits per heavy atom. The van der Waals surface area contributed by atoms with Gasteiger partial charge in [0.05, 0.1) is 5.69 Å². The Hall–Kier alpha value is -3.11. The quantitative estimate of drug-likeness (QED) is 0.474. The van der Waals surface area contributed by atoms with E-state index in [0.717, 1.165) is 42.5 Å². The molecule has 1 amide bonds. The molecule has 2 unspecified atom stereocenters. The van der Waals surface area contributed by atoms with Crippen molar-refractivity contribution >= 4 is 40.4 Å². The van der Waals surface area contributed by atoms with Crippen LogP contribution in [0.3, 0.4) is 0 Å². The van der Waals surface area contributed by atoms with Gasteiger partial charge in [0.25, 0.3) is 5.56 Å². The molecule has 1 aliphatic heterocycles. The van der Waals surface area contributed by atoms with Crippen LogP contribution in [0.1, 0.15) is 35.4 Å². The van der Waals surface area contributed by atoms with Crippen LogP contribution < -0.4 is 21.1 Å². The van der Waals surface area contributed by atoms with Crippen molar-refractivity contribution in [3.8, 4) is 0 Å². The number of carbonyl (C=O) groups is 1. The van der Waals surface area contributed by atoms with Crippen LogP contribution >= 0.6 is 11.8 Å². The Morgan fingerprint density at radius 1 is 1.28 bits per heavy atom. The van der Waals surface area contributed by atoms with Crippen LogP contribution in [0, 0.1) is 11.8 Å². The summed E-state index contributed by atoms with van der Waals surface area (Å²) in [6, 6.07) is 6.73. The Balaban J connectivity index is 1.35. The van der Waals surface area contributed by atoms with Gasteiger partial charge in [-0.1, -0.05) is 13.0 Å². The molecule has 10 heteroatoms. The monoisotopic (exact) mass is 508 g/mol. The minimum absolute atomic E-state index is 0.0414. The summed E-state index contributed by atoms with van der Waals surface area (Å²) >= 11 is 0.791. The molecule has 2 aromatic heterocycles. The predicted octanol–water partition coefficient (Wildman–Crippen LogP) is 2.65. The van der Waals surface area contributed by atoms with Crippen LogP contribution in [-0.4, -0.2) is 57.4 Å². The maximum Gasteiger partial charge on any atom is 0.299 e. The van der Waals surface area contributed by atoms with Crippen molar-refractivity contribution in [1.82, 2.24) is 24.5 Å². The molecular formula is C26H31N7O2S. The van der Waals surface area contributed by atoms with Crippen LogP contribution in [0.4, 0.5) is 11.4 Å². The Bertz CT molecular complexity index is 1510. The van der Waals surface area contributed by atoms with E-state index in [-0.39, 0.29) is 18.0 Å². The van der Waals surface area contributed by atoms with Gasteiger partial charge in [0.2, 0.25) is 11.7 Å². The van der Waals surface area contributed by atoms with E-state index in [4.69, 9.17) is 9.10 Å². The van der Waals surface area contributed by atoms with Crippen molar-refractivity contribution in [2.45, 2.75) is 37.6 Å². The zero-order valence-corrected chi connectivity index (χ0v) is 21.0. The van der Waals surface area contributed by atoms with Gasteiger partial charge in [-0.05, 0) is 67.1 Å². The molecular weight excluding hydrogens is 474 g/mol. The number of benzene rings is 1. The molecule has 0 radical (unpaired) electrons. The summed E-state index contributed by atoms with van der Waals surface area (Å²) in [6.07, 6.45) is 2.79. The zero-order valence-electron chi connectivity index (χ0n) is 23.2. The summed E-state index contributed by atoms with van der Waals surface area (Å²) in [7, 11) is 0. The third kappa shape index (κ3) is 4.22. The fraction of sp³-hybridized carbons (Fsp3) is 0.462. The highest BCUT2D eigenvalue weighted by Gasteiger charge is 2.42. The van der Waals surface area contributed by atoms with Gasteiger partial charge in [-0.2, -0.15) is 9.50 Å². The molecule has 3 heterocycles. The molecule has 6 rings (SSSR count). The average molecular weight is 509 g/mol. The van der Waals surface area contributed by atoms with Gasteiger partial charge in [0.1, 0.15) is 12.2 Å². The molecule has 3 aliphatic rings. The van der Waals surface area contributed by atoms with Gasteiger partial charge >= 0.3 is 0 Å². The number of nitrogens with zero attached hydrogens (tertiary/aromatic N) is 5. The first-order valence-electron chi connectivity index (χ1n) is 14.0. The van der Waals surface area contributed by atoms with Crippen LogP contribution in [0.25, 0.3) is 11.4 Å². The van der Waals surface area contributed by atoms with Gasteiger partial charge < -0.3 is 20.1 Å². The van der Waals surface area contributed by atoms with Gasteiger partial charge in [-0.3, -0.25) is 9.59 Å². The number of aromatic nitrogens is 4. The lowest BCUT2D eigenvalue weighted by Gasteiger charge is -2.31. The number of carbonyl (C=O) groups excluding carboxylic acids is 1. The molecule has 188 valence electrons. The van der Waals surface area contributed by atoms with Gasteiger partial charge in [0.15, 0.2) is 5.82 Å². The number of nitrogens with one attached hydrogen (secondary N) is 2. The van der Waals surface area contributed by atoms with E-state index >= 15 is 0 Å². The molecule has 2 atom stereocenters. The van der Waals surface area contributed by atoms with Crippen molar-refractivity contribution in [2.24, 2.45) is 11.8 Å². The number of amides is 1. The number of piperazine rings is 1. The molecule has 9 nitrogen and oxygen atoms in total. The summed E-state index contributed by atoms with van der Waals surface area (Å²) in [5.41, 5.74) is 2.77. The van der Waals surface area contributed by atoms with E-state index < -0.39 is 6.18 Å². The Morgan fingerprint density at radius 3 is 2.78 bits per heavy atom. The zero-order chi connectivity index (χ0) is 27.3. The third-order valence-electron chi connectivity index (χ3n) is 7.31. The SMILES string of the molecule is [2H]C([2H])([2H])Sc1ccc(NC(=O)Cn2c(CC)c(N3CCNCC3)c(=O)n3nc(C4=CC5CC5C4)nc23)cc1. The first-order valence-corrected chi connectivity index (χ1v) is 13.3. The van der Waals surface area contributed by atoms with Crippen molar-refractivity contribution < 1.29 is 8.91 Å². The Labute approximate surface area is 218 Å². The number of rotatable bonds is 7. The number of anilines is 2. The molecule has 2 aliphatic carbocycles. The summed E-state index contributed by atoms with van der Waals surface area (Å²) in [6.45, 7) is 4.87. The topological polar surface area (TPSA) is 96.6 Å². The second-order valence-corrected chi connectivity index (χ2v) is 10.3. The molecule has 3 aromatic rings. The van der Waals surface area contributed by atoms with Gasteiger partial charge in [-0.25, -0.2) is 0 Å². The molecule has 1 saturated heterocycles. The van der Waals surface area contributed by atoms with Crippen molar-refractivity contribution in [3.05, 3.63) is 52.2 Å². The van der Waals surface area contributed by atoms with Crippen molar-refractivity contribution in [1.29, 1.82) is 0 Å². The number of hydrogen-bond acceptors (Lipinski definition) is 7. The standard InChI is InChI=1S/C26H31N7O2S/c1-3-21-23(31-10-8-27-9-11-31)25(35)33-26(29-24(30-33)18-13-16-12-17(16)14-18)32(21)15-22(34)28-19-4-6-20(36-2)7-5-19/h4-7,13,16-17,27H,3,8-12,14-15H2,1-2H3,(H,28,34)/i2D3. The minimum Gasteiger partial charge on any atom is -0.363 e. The lowest BCUT2D eigenvalue weighted by Crippen LogP contribution is -2.47. The molecule has 2 N–H and O–H groups in total. The summed E-state index contributed by atoms with van der Waals surface area (Å²) in [5.74, 6) is 1.93. The summed E-state index contributed by atoms with van der Waals surface area (Å²) < 4.78 is 25.4. The normalized spacial score (nSPS) is 22.5. The smallest absolute Gasteiger partial charge is 0.299 e. The highest BCUT2D eigenvalue weighted by molar-refractivity contribution is 7.98. The van der Waals surface area contributed by atoms with Crippen LogP contribution in [-0.2, 0) is 17.8 Å². The molecule has 0 spiro atoms. The van der Waals surface area contributed by atoms with Gasteiger partial charge in [-0.15, -0.1) is 16.9 Å². The van der Waals surface area contributed by atoms with E-state index in [9.17, 15) is 9.59 Å². The lowest BCUT2D eigenvalue weighted by atomic mass is 10.2. The average Bonchev–Trinajstić information content (AvgIpc) is 3.29. The fourth-order valence-electron chi connectivity index (χ4n) is 5.39. The first kappa shape index (κ1) is 20.0. The summed E-state index contributed by atoms with van der Waals surface area (Å²) in [4.78, 5) is 34.6. The van der Waals surface area contributed by atoms with Crippen molar-refractivity contribution in [2.75, 3.05) is 42.6 Å². The van der Waals surface area contributed by atoms with E-state index in [2.05, 4.69) is 26.7 Å².